The third kappa shape index (κ3) is 5.71. The molecule has 2 unspecified atom stereocenters. The molecule has 0 N–H and O–H groups in total. The Morgan fingerprint density at radius 3 is 2.19 bits per heavy atom. The molecule has 2 atom stereocenters. The number of carbonyl (C=O) groups is 1. The fourth-order valence-electron chi connectivity index (χ4n) is 1.51. The standard InChI is InChI=1S/C14H16F4O3/c1-8-3-10(15)14(11(16)4-8)21-7-13(18)12(17)6-20-5-9(2)19/h3-4,12-13H,5-7H2,1-2H3. The van der Waals surface area contributed by atoms with Crippen LogP contribution in [0.25, 0.3) is 0 Å². The number of ether oxygens (including phenoxy) is 2. The molecule has 118 valence electrons. The van der Waals surface area contributed by atoms with E-state index in [1.165, 1.54) is 13.8 Å². The van der Waals surface area contributed by atoms with E-state index < -0.39 is 42.9 Å². The van der Waals surface area contributed by atoms with E-state index in [-0.39, 0.29) is 12.4 Å². The maximum atomic E-state index is 13.4. The molecule has 0 saturated carbocycles. The number of alkyl halides is 2. The van der Waals surface area contributed by atoms with Gasteiger partial charge in [0.2, 0.25) is 0 Å². The van der Waals surface area contributed by atoms with Crippen LogP contribution in [0.4, 0.5) is 17.6 Å². The Bertz CT molecular complexity index is 470. The molecular weight excluding hydrogens is 292 g/mol. The van der Waals surface area contributed by atoms with Crippen LogP contribution < -0.4 is 4.74 Å². The third-order valence-electron chi connectivity index (χ3n) is 2.50. The summed E-state index contributed by atoms with van der Waals surface area (Å²) in [5.41, 5.74) is 0.343. The molecule has 0 aliphatic carbocycles. The van der Waals surface area contributed by atoms with Crippen LogP contribution in [0.5, 0.6) is 5.75 Å². The molecule has 21 heavy (non-hydrogen) atoms. The van der Waals surface area contributed by atoms with Crippen molar-refractivity contribution < 1.29 is 31.8 Å². The van der Waals surface area contributed by atoms with Crippen LogP contribution in [0, 0.1) is 18.6 Å². The molecule has 0 spiro atoms. The zero-order valence-electron chi connectivity index (χ0n) is 11.7. The van der Waals surface area contributed by atoms with E-state index in [4.69, 9.17) is 0 Å². The summed E-state index contributed by atoms with van der Waals surface area (Å²) in [5.74, 6) is -3.04. The molecule has 0 heterocycles. The summed E-state index contributed by atoms with van der Waals surface area (Å²) in [6, 6.07) is 2.04. The van der Waals surface area contributed by atoms with Gasteiger partial charge in [-0.2, -0.15) is 0 Å². The van der Waals surface area contributed by atoms with E-state index in [9.17, 15) is 22.4 Å². The number of hydrogen-bond acceptors (Lipinski definition) is 3. The summed E-state index contributed by atoms with van der Waals surface area (Å²) >= 11 is 0. The maximum absolute atomic E-state index is 13.4. The summed E-state index contributed by atoms with van der Waals surface area (Å²) in [4.78, 5) is 10.6. The van der Waals surface area contributed by atoms with E-state index >= 15 is 0 Å². The average Bonchev–Trinajstić information content (AvgIpc) is 2.36. The molecule has 1 aromatic rings. The van der Waals surface area contributed by atoms with Gasteiger partial charge in [0, 0.05) is 0 Å². The van der Waals surface area contributed by atoms with Gasteiger partial charge in [-0.15, -0.1) is 0 Å². The highest BCUT2D eigenvalue weighted by molar-refractivity contribution is 5.76. The first kappa shape index (κ1) is 17.4. The molecule has 0 aromatic heterocycles. The van der Waals surface area contributed by atoms with Crippen molar-refractivity contribution in [3.05, 3.63) is 29.3 Å². The molecule has 0 saturated heterocycles. The SMILES string of the molecule is CC(=O)COCC(F)C(F)COc1c(F)cc(C)cc1F. The Kier molecular flexibility index (Phi) is 6.61. The van der Waals surface area contributed by atoms with Gasteiger partial charge in [0.25, 0.3) is 0 Å². The minimum Gasteiger partial charge on any atom is -0.484 e. The zero-order valence-corrected chi connectivity index (χ0v) is 11.7. The Balaban J connectivity index is 2.49. The molecule has 0 bridgehead atoms. The van der Waals surface area contributed by atoms with Crippen LogP contribution in [0.2, 0.25) is 0 Å². The van der Waals surface area contributed by atoms with Gasteiger partial charge in [-0.3, -0.25) is 4.79 Å². The number of benzene rings is 1. The number of rotatable bonds is 8. The summed E-state index contributed by atoms with van der Waals surface area (Å²) < 4.78 is 62.9. The number of carbonyl (C=O) groups excluding carboxylic acids is 1. The minimum absolute atomic E-state index is 0.322. The number of Topliss-reactive ketones (excluding diaryl/α,β-unsaturated/α-hetero) is 1. The monoisotopic (exact) mass is 308 g/mol. The molecule has 0 aliphatic heterocycles. The molecule has 0 radical (unpaired) electrons. The summed E-state index contributed by atoms with van der Waals surface area (Å²) in [6.45, 7) is 0.907. The highest BCUT2D eigenvalue weighted by atomic mass is 19.2. The fraction of sp³-hybridized carbons (Fsp3) is 0.500. The molecule has 0 fully saturated rings. The topological polar surface area (TPSA) is 35.5 Å². The lowest BCUT2D eigenvalue weighted by Crippen LogP contribution is -2.29. The van der Waals surface area contributed by atoms with E-state index in [0.29, 0.717) is 5.56 Å². The predicted octanol–water partition coefficient (Wildman–Crippen LogP) is 2.93. The van der Waals surface area contributed by atoms with Gasteiger partial charge < -0.3 is 9.47 Å². The van der Waals surface area contributed by atoms with Gasteiger partial charge in [-0.1, -0.05) is 0 Å². The number of ketones is 1. The largest absolute Gasteiger partial charge is 0.484 e. The van der Waals surface area contributed by atoms with Crippen LogP contribution >= 0.6 is 0 Å². The normalized spacial score (nSPS) is 13.8. The maximum Gasteiger partial charge on any atom is 0.190 e. The van der Waals surface area contributed by atoms with Gasteiger partial charge >= 0.3 is 0 Å². The Hall–Kier alpha value is -1.63. The van der Waals surface area contributed by atoms with Crippen molar-refractivity contribution in [3.63, 3.8) is 0 Å². The van der Waals surface area contributed by atoms with Gasteiger partial charge in [0.15, 0.2) is 35.5 Å². The first-order valence-electron chi connectivity index (χ1n) is 6.25. The van der Waals surface area contributed by atoms with Gasteiger partial charge in [0.1, 0.15) is 13.2 Å². The van der Waals surface area contributed by atoms with Crippen molar-refractivity contribution in [3.8, 4) is 5.75 Å². The van der Waals surface area contributed by atoms with Crippen LogP contribution in [-0.2, 0) is 9.53 Å². The summed E-state index contributed by atoms with van der Waals surface area (Å²) in [7, 11) is 0. The van der Waals surface area contributed by atoms with Crippen LogP contribution in [0.1, 0.15) is 12.5 Å². The minimum atomic E-state index is -2.13. The van der Waals surface area contributed by atoms with Crippen molar-refractivity contribution in [2.75, 3.05) is 19.8 Å². The van der Waals surface area contributed by atoms with Crippen molar-refractivity contribution >= 4 is 5.78 Å². The van der Waals surface area contributed by atoms with E-state index in [1.807, 2.05) is 0 Å². The summed E-state index contributed by atoms with van der Waals surface area (Å²) in [6.07, 6.45) is -4.18. The van der Waals surface area contributed by atoms with E-state index in [2.05, 4.69) is 9.47 Å². The Morgan fingerprint density at radius 1 is 1.14 bits per heavy atom. The summed E-state index contributed by atoms with van der Waals surface area (Å²) in [5, 5.41) is 0. The van der Waals surface area contributed by atoms with Crippen molar-refractivity contribution in [2.45, 2.75) is 26.2 Å². The lowest BCUT2D eigenvalue weighted by Gasteiger charge is -2.15. The Morgan fingerprint density at radius 2 is 1.67 bits per heavy atom. The quantitative estimate of drug-likeness (QED) is 0.693. The van der Waals surface area contributed by atoms with Gasteiger partial charge in [0.05, 0.1) is 6.61 Å². The van der Waals surface area contributed by atoms with Gasteiger partial charge in [-0.25, -0.2) is 17.6 Å². The second-order valence-electron chi connectivity index (χ2n) is 4.62. The lowest BCUT2D eigenvalue weighted by atomic mass is 10.2. The zero-order chi connectivity index (χ0) is 16.0. The van der Waals surface area contributed by atoms with Gasteiger partial charge in [-0.05, 0) is 31.5 Å². The fourth-order valence-corrected chi connectivity index (χ4v) is 1.51. The first-order valence-corrected chi connectivity index (χ1v) is 6.25. The van der Waals surface area contributed by atoms with Crippen LogP contribution in [-0.4, -0.2) is 37.9 Å². The number of aryl methyl sites for hydroxylation is 1. The molecule has 0 amide bonds. The second-order valence-corrected chi connectivity index (χ2v) is 4.62. The second kappa shape index (κ2) is 7.97. The van der Waals surface area contributed by atoms with Crippen LogP contribution in [0.3, 0.4) is 0 Å². The molecule has 1 aromatic carbocycles. The molecule has 7 heteroatoms. The molecule has 0 aliphatic rings. The Labute approximate surface area is 119 Å². The number of halogens is 4. The predicted molar refractivity (Wildman–Crippen MR) is 67.9 cm³/mol. The van der Waals surface area contributed by atoms with Crippen molar-refractivity contribution in [1.82, 2.24) is 0 Å². The van der Waals surface area contributed by atoms with Crippen LogP contribution in [0.15, 0.2) is 12.1 Å². The molecular formula is C14H16F4O3. The highest BCUT2D eigenvalue weighted by Gasteiger charge is 2.23. The molecule has 3 nitrogen and oxygen atoms in total. The van der Waals surface area contributed by atoms with E-state index in [1.54, 1.807) is 0 Å². The van der Waals surface area contributed by atoms with Crippen molar-refractivity contribution in [1.29, 1.82) is 0 Å². The smallest absolute Gasteiger partial charge is 0.190 e. The average molecular weight is 308 g/mol. The lowest BCUT2D eigenvalue weighted by molar-refractivity contribution is -0.122. The van der Waals surface area contributed by atoms with E-state index in [0.717, 1.165) is 12.1 Å². The highest BCUT2D eigenvalue weighted by Crippen LogP contribution is 2.23. The third-order valence-corrected chi connectivity index (χ3v) is 2.50. The number of hydrogen-bond donors (Lipinski definition) is 0. The first-order chi connectivity index (χ1) is 9.81. The van der Waals surface area contributed by atoms with Crippen molar-refractivity contribution in [2.24, 2.45) is 0 Å². The molecule has 1 rings (SSSR count).